The first-order chi connectivity index (χ1) is 9.11. The van der Waals surface area contributed by atoms with E-state index in [2.05, 4.69) is 25.2 Å². The highest BCUT2D eigenvalue weighted by Crippen LogP contribution is 2.19. The van der Waals surface area contributed by atoms with Crippen LogP contribution in [0.4, 0.5) is 10.1 Å². The van der Waals surface area contributed by atoms with Gasteiger partial charge < -0.3 is 5.32 Å². The first-order valence-electron chi connectivity index (χ1n) is 6.10. The van der Waals surface area contributed by atoms with E-state index < -0.39 is 5.82 Å². The molecule has 2 nitrogen and oxygen atoms in total. The standard InChI is InChI=1S/C16H15FN2/c1-11-4-3-5-13(12(11)2)10-19-16-7-6-15(17)8-14(16)9-18/h3-8,19H,10H2,1-2H3. The molecule has 0 heterocycles. The second kappa shape index (κ2) is 5.53. The van der Waals surface area contributed by atoms with Gasteiger partial charge in [-0.1, -0.05) is 18.2 Å². The van der Waals surface area contributed by atoms with E-state index in [9.17, 15) is 4.39 Å². The Morgan fingerprint density at radius 1 is 1.21 bits per heavy atom. The molecule has 3 heteroatoms. The van der Waals surface area contributed by atoms with Gasteiger partial charge >= 0.3 is 0 Å². The fourth-order valence-electron chi connectivity index (χ4n) is 1.96. The Kier molecular flexibility index (Phi) is 3.82. The number of rotatable bonds is 3. The van der Waals surface area contributed by atoms with Crippen LogP contribution < -0.4 is 5.32 Å². The van der Waals surface area contributed by atoms with E-state index in [0.717, 1.165) is 0 Å². The Labute approximate surface area is 112 Å². The van der Waals surface area contributed by atoms with E-state index in [-0.39, 0.29) is 0 Å². The maximum absolute atomic E-state index is 13.0. The lowest BCUT2D eigenvalue weighted by Gasteiger charge is -2.12. The monoisotopic (exact) mass is 254 g/mol. The average Bonchev–Trinajstić information content (AvgIpc) is 2.41. The fourth-order valence-corrected chi connectivity index (χ4v) is 1.96. The molecule has 2 aromatic carbocycles. The van der Waals surface area contributed by atoms with E-state index in [0.29, 0.717) is 17.8 Å². The molecule has 0 aliphatic carbocycles. The minimum atomic E-state index is -0.395. The number of halogens is 1. The number of anilines is 1. The molecule has 0 aliphatic heterocycles. The number of nitriles is 1. The van der Waals surface area contributed by atoms with Gasteiger partial charge in [-0.05, 0) is 48.7 Å². The van der Waals surface area contributed by atoms with Crippen LogP contribution in [0.5, 0.6) is 0 Å². The minimum Gasteiger partial charge on any atom is -0.380 e. The van der Waals surface area contributed by atoms with Gasteiger partial charge in [0.15, 0.2) is 0 Å². The summed E-state index contributed by atoms with van der Waals surface area (Å²) in [7, 11) is 0. The van der Waals surface area contributed by atoms with E-state index in [1.165, 1.54) is 28.8 Å². The molecule has 1 N–H and O–H groups in total. The predicted octanol–water partition coefficient (Wildman–Crippen LogP) is 3.93. The first kappa shape index (κ1) is 13.1. The van der Waals surface area contributed by atoms with Gasteiger partial charge in [-0.25, -0.2) is 4.39 Å². The van der Waals surface area contributed by atoms with Crippen molar-refractivity contribution in [2.24, 2.45) is 0 Å². The number of aryl methyl sites for hydroxylation is 1. The Hall–Kier alpha value is -2.34. The largest absolute Gasteiger partial charge is 0.380 e. The zero-order chi connectivity index (χ0) is 13.8. The van der Waals surface area contributed by atoms with Crippen molar-refractivity contribution in [2.45, 2.75) is 20.4 Å². The van der Waals surface area contributed by atoms with Crippen LogP contribution in [0.1, 0.15) is 22.3 Å². The molecule has 0 unspecified atom stereocenters. The highest BCUT2D eigenvalue weighted by Gasteiger charge is 2.05. The number of hydrogen-bond acceptors (Lipinski definition) is 2. The first-order valence-corrected chi connectivity index (χ1v) is 6.10. The molecule has 0 fully saturated rings. The van der Waals surface area contributed by atoms with Gasteiger partial charge in [-0.2, -0.15) is 5.26 Å². The van der Waals surface area contributed by atoms with E-state index in [4.69, 9.17) is 5.26 Å². The molecule has 96 valence electrons. The highest BCUT2D eigenvalue weighted by molar-refractivity contribution is 5.57. The number of benzene rings is 2. The minimum absolute atomic E-state index is 0.324. The summed E-state index contributed by atoms with van der Waals surface area (Å²) in [5.41, 5.74) is 4.62. The SMILES string of the molecule is Cc1cccc(CNc2ccc(F)cc2C#N)c1C. The third kappa shape index (κ3) is 2.92. The highest BCUT2D eigenvalue weighted by atomic mass is 19.1. The summed E-state index contributed by atoms with van der Waals surface area (Å²) in [4.78, 5) is 0. The van der Waals surface area contributed by atoms with Crippen molar-refractivity contribution >= 4 is 5.69 Å². The molecule has 19 heavy (non-hydrogen) atoms. The smallest absolute Gasteiger partial charge is 0.124 e. The van der Waals surface area contributed by atoms with Crippen molar-refractivity contribution in [2.75, 3.05) is 5.32 Å². The van der Waals surface area contributed by atoms with Crippen LogP contribution in [0.25, 0.3) is 0 Å². The van der Waals surface area contributed by atoms with Crippen LogP contribution in [0.2, 0.25) is 0 Å². The molecule has 0 spiro atoms. The maximum atomic E-state index is 13.0. The number of nitrogens with zero attached hydrogens (tertiary/aromatic N) is 1. The molecule has 0 atom stereocenters. The third-order valence-corrected chi connectivity index (χ3v) is 3.29. The Morgan fingerprint density at radius 3 is 2.74 bits per heavy atom. The molecule has 0 radical (unpaired) electrons. The van der Waals surface area contributed by atoms with E-state index >= 15 is 0 Å². The van der Waals surface area contributed by atoms with Crippen molar-refractivity contribution in [1.82, 2.24) is 0 Å². The van der Waals surface area contributed by atoms with Gasteiger partial charge in [0.1, 0.15) is 11.9 Å². The Morgan fingerprint density at radius 2 is 2.00 bits per heavy atom. The van der Waals surface area contributed by atoms with Gasteiger partial charge in [0.2, 0.25) is 0 Å². The molecule has 0 bridgehead atoms. The van der Waals surface area contributed by atoms with Crippen molar-refractivity contribution in [3.8, 4) is 6.07 Å². The lowest BCUT2D eigenvalue weighted by atomic mass is 10.0. The molecule has 0 aromatic heterocycles. The van der Waals surface area contributed by atoms with Gasteiger partial charge in [-0.3, -0.25) is 0 Å². The van der Waals surface area contributed by atoms with Crippen LogP contribution in [0, 0.1) is 31.0 Å². The van der Waals surface area contributed by atoms with Gasteiger partial charge in [0.25, 0.3) is 0 Å². The van der Waals surface area contributed by atoms with Crippen molar-refractivity contribution in [3.63, 3.8) is 0 Å². The van der Waals surface area contributed by atoms with Crippen molar-refractivity contribution in [1.29, 1.82) is 5.26 Å². The van der Waals surface area contributed by atoms with Crippen LogP contribution >= 0.6 is 0 Å². The van der Waals surface area contributed by atoms with Crippen molar-refractivity contribution < 1.29 is 4.39 Å². The van der Waals surface area contributed by atoms with Crippen LogP contribution in [-0.4, -0.2) is 0 Å². The summed E-state index contributed by atoms with van der Waals surface area (Å²) >= 11 is 0. The van der Waals surface area contributed by atoms with Crippen LogP contribution in [0.15, 0.2) is 36.4 Å². The van der Waals surface area contributed by atoms with Crippen molar-refractivity contribution in [3.05, 3.63) is 64.5 Å². The molecular weight excluding hydrogens is 239 g/mol. The second-order valence-corrected chi connectivity index (χ2v) is 4.51. The summed E-state index contributed by atoms with van der Waals surface area (Å²) in [5, 5.41) is 12.2. The number of nitrogens with one attached hydrogen (secondary N) is 1. The van der Waals surface area contributed by atoms with Crippen LogP contribution in [-0.2, 0) is 6.54 Å². The average molecular weight is 254 g/mol. The third-order valence-electron chi connectivity index (χ3n) is 3.29. The molecule has 0 amide bonds. The van der Waals surface area contributed by atoms with E-state index in [1.807, 2.05) is 18.2 Å². The number of hydrogen-bond donors (Lipinski definition) is 1. The molecule has 0 saturated carbocycles. The normalized spacial score (nSPS) is 10.0. The van der Waals surface area contributed by atoms with E-state index in [1.54, 1.807) is 6.07 Å². The Bertz CT molecular complexity index is 642. The summed E-state index contributed by atoms with van der Waals surface area (Å²) in [5.74, 6) is -0.395. The summed E-state index contributed by atoms with van der Waals surface area (Å²) in [6.45, 7) is 4.76. The maximum Gasteiger partial charge on any atom is 0.124 e. The molecule has 0 aliphatic rings. The Balaban J connectivity index is 2.20. The van der Waals surface area contributed by atoms with Gasteiger partial charge in [0, 0.05) is 6.54 Å². The quantitative estimate of drug-likeness (QED) is 0.900. The predicted molar refractivity (Wildman–Crippen MR) is 74.4 cm³/mol. The zero-order valence-corrected chi connectivity index (χ0v) is 11.0. The van der Waals surface area contributed by atoms with Crippen LogP contribution in [0.3, 0.4) is 0 Å². The molecule has 0 saturated heterocycles. The summed E-state index contributed by atoms with van der Waals surface area (Å²) in [6, 6.07) is 12.3. The fraction of sp³-hybridized carbons (Fsp3) is 0.188. The second-order valence-electron chi connectivity index (χ2n) is 4.51. The topological polar surface area (TPSA) is 35.8 Å². The molecule has 2 aromatic rings. The van der Waals surface area contributed by atoms with Gasteiger partial charge in [-0.15, -0.1) is 0 Å². The molecule has 2 rings (SSSR count). The van der Waals surface area contributed by atoms with Gasteiger partial charge in [0.05, 0.1) is 11.3 Å². The summed E-state index contributed by atoms with van der Waals surface area (Å²) < 4.78 is 13.0. The zero-order valence-electron chi connectivity index (χ0n) is 11.0. The lowest BCUT2D eigenvalue weighted by Crippen LogP contribution is -2.04. The molecular formula is C16H15FN2. The summed E-state index contributed by atoms with van der Waals surface area (Å²) in [6.07, 6.45) is 0. The lowest BCUT2D eigenvalue weighted by molar-refractivity contribution is 0.627.